The minimum absolute atomic E-state index is 0.0773. The highest BCUT2D eigenvalue weighted by molar-refractivity contribution is 9.09. The van der Waals surface area contributed by atoms with Crippen molar-refractivity contribution >= 4 is 15.9 Å². The minimum atomic E-state index is -0.0773. The van der Waals surface area contributed by atoms with E-state index in [0.717, 1.165) is 18.4 Å². The van der Waals surface area contributed by atoms with Crippen molar-refractivity contribution in [2.24, 2.45) is 0 Å². The van der Waals surface area contributed by atoms with Gasteiger partial charge >= 0.3 is 0 Å². The van der Waals surface area contributed by atoms with Gasteiger partial charge in [-0.2, -0.15) is 0 Å². The molecule has 0 radical (unpaired) electrons. The molecule has 0 bridgehead atoms. The highest BCUT2D eigenvalue weighted by Gasteiger charge is 2.08. The Morgan fingerprint density at radius 2 is 1.63 bits per heavy atom. The summed E-state index contributed by atoms with van der Waals surface area (Å²) in [5.41, 5.74) is 0.826. The summed E-state index contributed by atoms with van der Waals surface area (Å²) in [5.74, 6) is -0.0773. The molecule has 0 heterocycles. The molecule has 0 N–H and O–H groups in total. The minimum Gasteiger partial charge on any atom is -0.207 e. The highest BCUT2D eigenvalue weighted by atomic mass is 79.9. The fraction of sp³-hybridized carbons (Fsp3) is 0.647. The molecule has 0 saturated carbocycles. The molecule has 0 aliphatic carbocycles. The van der Waals surface area contributed by atoms with Crippen LogP contribution < -0.4 is 0 Å². The van der Waals surface area contributed by atoms with Gasteiger partial charge in [0.25, 0.3) is 0 Å². The lowest BCUT2D eigenvalue weighted by Gasteiger charge is -2.10. The Morgan fingerprint density at radius 1 is 1.00 bits per heavy atom. The second-order valence-electron chi connectivity index (χ2n) is 5.30. The number of hydrogen-bond acceptors (Lipinski definition) is 0. The summed E-state index contributed by atoms with van der Waals surface area (Å²) >= 11 is 3.68. The molecule has 1 aromatic rings. The van der Waals surface area contributed by atoms with E-state index in [2.05, 4.69) is 22.9 Å². The fourth-order valence-corrected chi connectivity index (χ4v) is 3.00. The van der Waals surface area contributed by atoms with Crippen molar-refractivity contribution in [3.63, 3.8) is 0 Å². The summed E-state index contributed by atoms with van der Waals surface area (Å²) < 4.78 is 13.5. The molecular weight excluding hydrogens is 303 g/mol. The Bertz CT molecular complexity index is 338. The number of alkyl halides is 1. The Kier molecular flexibility index (Phi) is 9.15. The molecule has 0 fully saturated rings. The molecule has 19 heavy (non-hydrogen) atoms. The van der Waals surface area contributed by atoms with Gasteiger partial charge in [-0.05, 0) is 24.5 Å². The molecule has 0 amide bonds. The molecule has 0 spiro atoms. The van der Waals surface area contributed by atoms with Gasteiger partial charge in [0.05, 0.1) is 0 Å². The maximum Gasteiger partial charge on any atom is 0.126 e. The van der Waals surface area contributed by atoms with Gasteiger partial charge in [0.15, 0.2) is 0 Å². The first kappa shape index (κ1) is 16.7. The number of rotatable bonds is 10. The lowest BCUT2D eigenvalue weighted by atomic mass is 10.0. The summed E-state index contributed by atoms with van der Waals surface area (Å²) in [6, 6.07) is 7.08. The van der Waals surface area contributed by atoms with E-state index in [0.29, 0.717) is 4.83 Å². The highest BCUT2D eigenvalue weighted by Crippen LogP contribution is 2.19. The van der Waals surface area contributed by atoms with Gasteiger partial charge in [-0.3, -0.25) is 0 Å². The van der Waals surface area contributed by atoms with Gasteiger partial charge < -0.3 is 0 Å². The predicted octanol–water partition coefficient (Wildman–Crippen LogP) is 6.27. The van der Waals surface area contributed by atoms with E-state index in [-0.39, 0.29) is 5.82 Å². The van der Waals surface area contributed by atoms with Crippen molar-refractivity contribution in [1.29, 1.82) is 0 Å². The van der Waals surface area contributed by atoms with Crippen LogP contribution in [0.3, 0.4) is 0 Å². The van der Waals surface area contributed by atoms with Crippen LogP contribution in [0.5, 0.6) is 0 Å². The average molecular weight is 329 g/mol. The fourth-order valence-electron chi connectivity index (χ4n) is 2.33. The Labute approximate surface area is 125 Å². The number of hydrogen-bond donors (Lipinski definition) is 0. The number of benzene rings is 1. The normalized spacial score (nSPS) is 12.6. The number of halogens is 2. The van der Waals surface area contributed by atoms with Crippen molar-refractivity contribution in [2.75, 3.05) is 0 Å². The van der Waals surface area contributed by atoms with Crippen molar-refractivity contribution in [3.8, 4) is 0 Å². The van der Waals surface area contributed by atoms with Gasteiger partial charge in [0, 0.05) is 4.83 Å². The van der Waals surface area contributed by atoms with E-state index in [1.807, 2.05) is 12.1 Å². The van der Waals surface area contributed by atoms with Crippen LogP contribution in [0, 0.1) is 5.82 Å². The SMILES string of the molecule is CCCCCCCCCC(Br)Cc1ccccc1F. The molecule has 0 nitrogen and oxygen atoms in total. The van der Waals surface area contributed by atoms with Crippen LogP contribution in [0.4, 0.5) is 4.39 Å². The topological polar surface area (TPSA) is 0 Å². The lowest BCUT2D eigenvalue weighted by molar-refractivity contribution is 0.564. The molecule has 1 atom stereocenters. The molecular formula is C17H26BrF. The first-order valence-corrected chi connectivity index (χ1v) is 8.53. The van der Waals surface area contributed by atoms with Crippen LogP contribution in [0.25, 0.3) is 0 Å². The van der Waals surface area contributed by atoms with Gasteiger partial charge in [0.1, 0.15) is 5.82 Å². The Morgan fingerprint density at radius 3 is 2.32 bits per heavy atom. The van der Waals surface area contributed by atoms with E-state index < -0.39 is 0 Å². The van der Waals surface area contributed by atoms with E-state index in [1.54, 1.807) is 12.1 Å². The monoisotopic (exact) mass is 328 g/mol. The maximum atomic E-state index is 13.5. The largest absolute Gasteiger partial charge is 0.207 e. The quantitative estimate of drug-likeness (QED) is 0.350. The van der Waals surface area contributed by atoms with Crippen LogP contribution in [0.2, 0.25) is 0 Å². The standard InChI is InChI=1S/C17H26BrF/c1-2-3-4-5-6-7-8-12-16(18)14-15-11-9-10-13-17(15)19/h9-11,13,16H,2-8,12,14H2,1H3. The van der Waals surface area contributed by atoms with Crippen LogP contribution in [0.15, 0.2) is 24.3 Å². The summed E-state index contributed by atoms with van der Waals surface area (Å²) in [6.45, 7) is 2.25. The van der Waals surface area contributed by atoms with Gasteiger partial charge in [-0.25, -0.2) is 4.39 Å². The summed E-state index contributed by atoms with van der Waals surface area (Å²) in [7, 11) is 0. The van der Waals surface area contributed by atoms with E-state index in [1.165, 1.54) is 44.9 Å². The van der Waals surface area contributed by atoms with Gasteiger partial charge in [0.2, 0.25) is 0 Å². The molecule has 1 unspecified atom stereocenters. The van der Waals surface area contributed by atoms with Crippen LogP contribution >= 0.6 is 15.9 Å². The van der Waals surface area contributed by atoms with Gasteiger partial charge in [-0.15, -0.1) is 0 Å². The third-order valence-electron chi connectivity index (χ3n) is 3.52. The number of unbranched alkanes of at least 4 members (excludes halogenated alkanes) is 6. The molecule has 0 aliphatic heterocycles. The second-order valence-corrected chi connectivity index (χ2v) is 6.60. The van der Waals surface area contributed by atoms with Gasteiger partial charge in [-0.1, -0.05) is 86.0 Å². The zero-order chi connectivity index (χ0) is 13.9. The van der Waals surface area contributed by atoms with Crippen molar-refractivity contribution in [2.45, 2.75) is 69.5 Å². The molecule has 1 rings (SSSR count). The second kappa shape index (κ2) is 10.4. The molecule has 1 aromatic carbocycles. The molecule has 2 heteroatoms. The summed E-state index contributed by atoms with van der Waals surface area (Å²) in [4.78, 5) is 0.403. The Hall–Kier alpha value is -0.370. The van der Waals surface area contributed by atoms with Crippen molar-refractivity contribution < 1.29 is 4.39 Å². The maximum absolute atomic E-state index is 13.5. The van der Waals surface area contributed by atoms with E-state index >= 15 is 0 Å². The zero-order valence-corrected chi connectivity index (χ0v) is 13.6. The van der Waals surface area contributed by atoms with E-state index in [9.17, 15) is 4.39 Å². The lowest BCUT2D eigenvalue weighted by Crippen LogP contribution is -2.04. The summed E-state index contributed by atoms with van der Waals surface area (Å²) in [5, 5.41) is 0. The van der Waals surface area contributed by atoms with Crippen molar-refractivity contribution in [1.82, 2.24) is 0 Å². The van der Waals surface area contributed by atoms with Crippen LogP contribution in [-0.4, -0.2) is 4.83 Å². The Balaban J connectivity index is 2.08. The van der Waals surface area contributed by atoms with Crippen LogP contribution in [0.1, 0.15) is 63.9 Å². The first-order chi connectivity index (χ1) is 9.24. The zero-order valence-electron chi connectivity index (χ0n) is 12.0. The smallest absolute Gasteiger partial charge is 0.126 e. The third kappa shape index (κ3) is 7.71. The molecule has 0 aromatic heterocycles. The van der Waals surface area contributed by atoms with E-state index in [4.69, 9.17) is 0 Å². The predicted molar refractivity (Wildman–Crippen MR) is 85.4 cm³/mol. The molecule has 0 aliphatic rings. The third-order valence-corrected chi connectivity index (χ3v) is 4.30. The van der Waals surface area contributed by atoms with Crippen molar-refractivity contribution in [3.05, 3.63) is 35.6 Å². The average Bonchev–Trinajstić information content (AvgIpc) is 2.40. The van der Waals surface area contributed by atoms with Crippen LogP contribution in [-0.2, 0) is 6.42 Å². The molecule has 108 valence electrons. The first-order valence-electron chi connectivity index (χ1n) is 7.61. The summed E-state index contributed by atoms with van der Waals surface area (Å²) in [6.07, 6.45) is 11.3. The molecule has 0 saturated heterocycles.